The standard InChI is InChI=1S/C26H23N3O4/c1-17-3-2-4-19(11-17)13-21(30)12-18-5-7-22(8-6-18)33-23-9-10-27-25(15-23)24-14-20(16-28-24)26(31)29-32/h2-11,14-16,28,32H,12-13H2,1H3,(H,29,31). The number of benzene rings is 2. The summed E-state index contributed by atoms with van der Waals surface area (Å²) in [5.74, 6) is 0.760. The van der Waals surface area contributed by atoms with E-state index >= 15 is 0 Å². The van der Waals surface area contributed by atoms with Crippen LogP contribution in [0.3, 0.4) is 0 Å². The monoisotopic (exact) mass is 441 g/mol. The lowest BCUT2D eigenvalue weighted by molar-refractivity contribution is -0.117. The van der Waals surface area contributed by atoms with Crippen LogP contribution in [-0.4, -0.2) is 26.9 Å². The Morgan fingerprint density at radius 1 is 0.970 bits per heavy atom. The Bertz CT molecular complexity index is 1280. The van der Waals surface area contributed by atoms with Gasteiger partial charge in [-0.2, -0.15) is 0 Å². The molecular formula is C26H23N3O4. The first-order valence-corrected chi connectivity index (χ1v) is 10.4. The number of ether oxygens (including phenoxy) is 1. The maximum atomic E-state index is 12.4. The van der Waals surface area contributed by atoms with E-state index < -0.39 is 5.91 Å². The summed E-state index contributed by atoms with van der Waals surface area (Å²) in [4.78, 5) is 31.2. The molecule has 0 atom stereocenters. The maximum absolute atomic E-state index is 12.4. The molecule has 3 N–H and O–H groups in total. The van der Waals surface area contributed by atoms with E-state index in [1.54, 1.807) is 29.9 Å². The van der Waals surface area contributed by atoms with Crippen molar-refractivity contribution in [3.8, 4) is 22.9 Å². The summed E-state index contributed by atoms with van der Waals surface area (Å²) in [7, 11) is 0. The Morgan fingerprint density at radius 2 is 1.76 bits per heavy atom. The maximum Gasteiger partial charge on any atom is 0.276 e. The van der Waals surface area contributed by atoms with Crippen molar-refractivity contribution in [1.29, 1.82) is 0 Å². The third kappa shape index (κ3) is 5.72. The Balaban J connectivity index is 1.39. The van der Waals surface area contributed by atoms with Crippen molar-refractivity contribution in [2.45, 2.75) is 19.8 Å². The zero-order valence-corrected chi connectivity index (χ0v) is 18.0. The van der Waals surface area contributed by atoms with Crippen LogP contribution in [0.25, 0.3) is 11.4 Å². The predicted octanol–water partition coefficient (Wildman–Crippen LogP) is 4.65. The summed E-state index contributed by atoms with van der Waals surface area (Å²) in [5.41, 5.74) is 6.18. The van der Waals surface area contributed by atoms with Crippen LogP contribution >= 0.6 is 0 Å². The van der Waals surface area contributed by atoms with E-state index in [9.17, 15) is 9.59 Å². The average molecular weight is 441 g/mol. The van der Waals surface area contributed by atoms with E-state index in [1.165, 1.54) is 6.20 Å². The minimum absolute atomic E-state index is 0.160. The third-order valence-electron chi connectivity index (χ3n) is 5.10. The number of nitrogens with zero attached hydrogens (tertiary/aromatic N) is 1. The van der Waals surface area contributed by atoms with Crippen molar-refractivity contribution in [3.63, 3.8) is 0 Å². The number of aromatic amines is 1. The number of aromatic nitrogens is 2. The lowest BCUT2D eigenvalue weighted by Gasteiger charge is -2.08. The number of amides is 1. The van der Waals surface area contributed by atoms with Crippen molar-refractivity contribution in [2.75, 3.05) is 0 Å². The van der Waals surface area contributed by atoms with Gasteiger partial charge in [0.2, 0.25) is 0 Å². The van der Waals surface area contributed by atoms with Gasteiger partial charge in [0.05, 0.1) is 17.0 Å². The van der Waals surface area contributed by atoms with E-state index in [1.807, 2.05) is 55.5 Å². The van der Waals surface area contributed by atoms with Gasteiger partial charge in [0.1, 0.15) is 17.3 Å². The molecule has 7 heteroatoms. The number of H-pyrrole nitrogens is 1. The second-order valence-electron chi connectivity index (χ2n) is 7.75. The molecule has 0 bridgehead atoms. The van der Waals surface area contributed by atoms with Crippen LogP contribution in [0.15, 0.2) is 79.1 Å². The molecule has 1 amide bonds. The molecule has 33 heavy (non-hydrogen) atoms. The summed E-state index contributed by atoms with van der Waals surface area (Å²) in [6, 6.07) is 20.5. The largest absolute Gasteiger partial charge is 0.457 e. The van der Waals surface area contributed by atoms with Gasteiger partial charge in [-0.15, -0.1) is 0 Å². The molecule has 4 aromatic rings. The molecule has 0 aliphatic carbocycles. The van der Waals surface area contributed by atoms with Crippen LogP contribution < -0.4 is 10.2 Å². The molecule has 0 spiro atoms. The first kappa shape index (κ1) is 22.0. The molecule has 0 radical (unpaired) electrons. The second kappa shape index (κ2) is 9.93. The van der Waals surface area contributed by atoms with Crippen molar-refractivity contribution in [1.82, 2.24) is 15.4 Å². The minimum atomic E-state index is -0.609. The highest BCUT2D eigenvalue weighted by Crippen LogP contribution is 2.26. The van der Waals surface area contributed by atoms with Crippen LogP contribution in [-0.2, 0) is 17.6 Å². The molecule has 2 aromatic heterocycles. The zero-order valence-electron chi connectivity index (χ0n) is 18.0. The number of ketones is 1. The van der Waals surface area contributed by atoms with E-state index in [-0.39, 0.29) is 11.3 Å². The van der Waals surface area contributed by atoms with Crippen LogP contribution in [0, 0.1) is 6.92 Å². The zero-order chi connectivity index (χ0) is 23.2. The SMILES string of the molecule is Cc1cccc(CC(=O)Cc2ccc(Oc3ccnc(-c4cc(C(=O)NO)c[nH]4)c3)cc2)c1. The second-order valence-corrected chi connectivity index (χ2v) is 7.75. The molecule has 0 saturated heterocycles. The first-order valence-electron chi connectivity index (χ1n) is 10.4. The Morgan fingerprint density at radius 3 is 2.52 bits per heavy atom. The smallest absolute Gasteiger partial charge is 0.276 e. The Hall–Kier alpha value is -4.23. The molecule has 0 aliphatic heterocycles. The molecule has 7 nitrogen and oxygen atoms in total. The van der Waals surface area contributed by atoms with E-state index in [0.717, 1.165) is 16.7 Å². The molecule has 0 unspecified atom stereocenters. The number of pyridine rings is 1. The summed E-state index contributed by atoms with van der Waals surface area (Å²) in [6.07, 6.45) is 3.87. The van der Waals surface area contributed by atoms with Gasteiger partial charge in [-0.3, -0.25) is 19.8 Å². The van der Waals surface area contributed by atoms with Crippen molar-refractivity contribution in [3.05, 3.63) is 101 Å². The van der Waals surface area contributed by atoms with Gasteiger partial charge in [-0.1, -0.05) is 42.0 Å². The van der Waals surface area contributed by atoms with Gasteiger partial charge in [0.15, 0.2) is 0 Å². The molecular weight excluding hydrogens is 418 g/mol. The van der Waals surface area contributed by atoms with Gasteiger partial charge < -0.3 is 9.72 Å². The molecule has 0 aliphatic rings. The van der Waals surface area contributed by atoms with Crippen molar-refractivity contribution < 1.29 is 19.5 Å². The minimum Gasteiger partial charge on any atom is -0.457 e. The predicted molar refractivity (Wildman–Crippen MR) is 123 cm³/mol. The fourth-order valence-electron chi connectivity index (χ4n) is 3.51. The first-order chi connectivity index (χ1) is 16.0. The highest BCUT2D eigenvalue weighted by molar-refractivity contribution is 5.94. The lowest BCUT2D eigenvalue weighted by atomic mass is 10.0. The number of nitrogens with one attached hydrogen (secondary N) is 2. The number of hydrogen-bond acceptors (Lipinski definition) is 5. The number of rotatable bonds is 8. The van der Waals surface area contributed by atoms with Gasteiger partial charge in [-0.25, -0.2) is 5.48 Å². The summed E-state index contributed by atoms with van der Waals surface area (Å²) in [5, 5.41) is 8.75. The normalized spacial score (nSPS) is 10.6. The van der Waals surface area contributed by atoms with Gasteiger partial charge in [0.25, 0.3) is 5.91 Å². The van der Waals surface area contributed by atoms with Crippen molar-refractivity contribution >= 4 is 11.7 Å². The molecule has 0 fully saturated rings. The van der Waals surface area contributed by atoms with Crippen molar-refractivity contribution in [2.24, 2.45) is 0 Å². The van der Waals surface area contributed by atoms with E-state index in [2.05, 4.69) is 9.97 Å². The van der Waals surface area contributed by atoms with E-state index in [0.29, 0.717) is 35.7 Å². The fourth-order valence-corrected chi connectivity index (χ4v) is 3.51. The number of Topliss-reactive ketones (excluding diaryl/α,β-unsaturated/α-hetero) is 1. The van der Waals surface area contributed by atoms with Crippen LogP contribution in [0.1, 0.15) is 27.0 Å². The number of hydrogen-bond donors (Lipinski definition) is 3. The number of carbonyl (C=O) groups excluding carboxylic acids is 2. The highest BCUT2D eigenvalue weighted by Gasteiger charge is 2.11. The molecule has 0 saturated carbocycles. The molecule has 2 aromatic carbocycles. The molecule has 4 rings (SSSR count). The average Bonchev–Trinajstić information content (AvgIpc) is 3.30. The number of aryl methyl sites for hydroxylation is 1. The van der Waals surface area contributed by atoms with Crippen LogP contribution in [0.2, 0.25) is 0 Å². The van der Waals surface area contributed by atoms with Gasteiger partial charge in [0, 0.05) is 31.3 Å². The molecule has 166 valence electrons. The Labute approximate surface area is 191 Å². The quantitative estimate of drug-likeness (QED) is 0.273. The Kier molecular flexibility index (Phi) is 6.61. The van der Waals surface area contributed by atoms with E-state index in [4.69, 9.17) is 9.94 Å². The summed E-state index contributed by atoms with van der Waals surface area (Å²) < 4.78 is 5.93. The summed E-state index contributed by atoms with van der Waals surface area (Å²) >= 11 is 0. The van der Waals surface area contributed by atoms with Crippen LogP contribution in [0.4, 0.5) is 0 Å². The fraction of sp³-hybridized carbons (Fsp3) is 0.115. The number of hydroxylamine groups is 1. The number of carbonyl (C=O) groups is 2. The topological polar surface area (TPSA) is 104 Å². The van der Waals surface area contributed by atoms with Gasteiger partial charge in [-0.05, 0) is 42.3 Å². The summed E-state index contributed by atoms with van der Waals surface area (Å²) in [6.45, 7) is 2.02. The third-order valence-corrected chi connectivity index (χ3v) is 5.10. The van der Waals surface area contributed by atoms with Gasteiger partial charge >= 0.3 is 0 Å². The van der Waals surface area contributed by atoms with Crippen LogP contribution in [0.5, 0.6) is 11.5 Å². The lowest BCUT2D eigenvalue weighted by Crippen LogP contribution is -2.17. The molecule has 2 heterocycles. The highest BCUT2D eigenvalue weighted by atomic mass is 16.5.